The van der Waals surface area contributed by atoms with Gasteiger partial charge in [0, 0.05) is 0 Å². The van der Waals surface area contributed by atoms with Crippen LogP contribution in [-0.2, 0) is 4.79 Å². The molecule has 0 fully saturated rings. The summed E-state index contributed by atoms with van der Waals surface area (Å²) >= 11 is 0. The van der Waals surface area contributed by atoms with Gasteiger partial charge in [-0.2, -0.15) is 0 Å². The molecule has 0 aliphatic carbocycles. The first-order valence-corrected chi connectivity index (χ1v) is 5.28. The van der Waals surface area contributed by atoms with Crippen molar-refractivity contribution in [2.45, 2.75) is 19.4 Å². The van der Waals surface area contributed by atoms with E-state index in [9.17, 15) is 14.9 Å². The quantitative estimate of drug-likeness (QED) is 0.607. The second-order valence-electron chi connectivity index (χ2n) is 3.51. The molecule has 2 N–H and O–H groups in total. The Hall–Kier alpha value is -2.31. The van der Waals surface area contributed by atoms with Crippen LogP contribution in [0.5, 0.6) is 11.5 Å². The first kappa shape index (κ1) is 13.8. The summed E-state index contributed by atoms with van der Waals surface area (Å²) in [6, 6.07) is 4.09. The number of carbonyl (C=O) groups excluding carboxylic acids is 1. The molecule has 0 aromatic heterocycles. The van der Waals surface area contributed by atoms with Crippen LogP contribution >= 0.6 is 0 Å². The van der Waals surface area contributed by atoms with Gasteiger partial charge in [0.05, 0.1) is 18.1 Å². The summed E-state index contributed by atoms with van der Waals surface area (Å²) in [4.78, 5) is 21.2. The minimum Gasteiger partial charge on any atom is -0.490 e. The topological polar surface area (TPSA) is 105 Å². The number of hydrogen-bond donors (Lipinski definition) is 1. The zero-order chi connectivity index (χ0) is 13.7. The predicted molar refractivity (Wildman–Crippen MR) is 63.5 cm³/mol. The standard InChI is InChI=1S/C11H14N2O5/c1-3-9(11(12)14)18-7-4-5-10(17-2)8(6-7)13(15)16/h4-6,9H,3H2,1-2H3,(H2,12,14). The molecule has 0 heterocycles. The Labute approximate surface area is 104 Å². The number of nitrogens with two attached hydrogens (primary N) is 1. The molecule has 1 atom stereocenters. The third-order valence-corrected chi connectivity index (χ3v) is 2.31. The van der Waals surface area contributed by atoms with Crippen molar-refractivity contribution in [3.8, 4) is 11.5 Å². The lowest BCUT2D eigenvalue weighted by atomic mass is 10.2. The Morgan fingerprint density at radius 1 is 1.56 bits per heavy atom. The van der Waals surface area contributed by atoms with E-state index in [1.807, 2.05) is 0 Å². The summed E-state index contributed by atoms with van der Waals surface area (Å²) in [6.07, 6.45) is -0.423. The molecule has 0 aliphatic rings. The van der Waals surface area contributed by atoms with Crippen LogP contribution in [0.2, 0.25) is 0 Å². The van der Waals surface area contributed by atoms with Crippen molar-refractivity contribution in [3.05, 3.63) is 28.3 Å². The number of benzene rings is 1. The van der Waals surface area contributed by atoms with Gasteiger partial charge in [0.1, 0.15) is 5.75 Å². The Morgan fingerprint density at radius 2 is 2.22 bits per heavy atom. The van der Waals surface area contributed by atoms with E-state index in [4.69, 9.17) is 15.2 Å². The lowest BCUT2D eigenvalue weighted by Gasteiger charge is -2.14. The number of nitrogens with zero attached hydrogens (tertiary/aromatic N) is 1. The summed E-state index contributed by atoms with van der Waals surface area (Å²) in [7, 11) is 1.33. The number of nitro benzene ring substituents is 1. The molecule has 0 saturated heterocycles. The smallest absolute Gasteiger partial charge is 0.314 e. The van der Waals surface area contributed by atoms with E-state index in [0.29, 0.717) is 6.42 Å². The Kier molecular flexibility index (Phi) is 4.47. The molecule has 0 aliphatic heterocycles. The average Bonchev–Trinajstić information content (AvgIpc) is 2.35. The van der Waals surface area contributed by atoms with Gasteiger partial charge in [-0.3, -0.25) is 14.9 Å². The van der Waals surface area contributed by atoms with E-state index in [0.717, 1.165) is 0 Å². The third kappa shape index (κ3) is 3.09. The van der Waals surface area contributed by atoms with Crippen molar-refractivity contribution < 1.29 is 19.2 Å². The summed E-state index contributed by atoms with van der Waals surface area (Å²) in [6.45, 7) is 1.73. The SMILES string of the molecule is CCC(Oc1ccc(OC)c([N+](=O)[O-])c1)C(N)=O. The van der Waals surface area contributed by atoms with Crippen molar-refractivity contribution >= 4 is 11.6 Å². The lowest BCUT2D eigenvalue weighted by molar-refractivity contribution is -0.385. The molecule has 7 heteroatoms. The van der Waals surface area contributed by atoms with Gasteiger partial charge < -0.3 is 15.2 Å². The highest BCUT2D eigenvalue weighted by atomic mass is 16.6. The van der Waals surface area contributed by atoms with E-state index in [1.54, 1.807) is 6.92 Å². The molecule has 1 rings (SSSR count). The number of methoxy groups -OCH3 is 1. The summed E-state index contributed by atoms with van der Waals surface area (Å²) in [5, 5.41) is 10.8. The number of amides is 1. The van der Waals surface area contributed by atoms with Gasteiger partial charge in [0.25, 0.3) is 5.91 Å². The van der Waals surface area contributed by atoms with Crippen LogP contribution in [0.1, 0.15) is 13.3 Å². The van der Waals surface area contributed by atoms with Crippen LogP contribution in [-0.4, -0.2) is 24.0 Å². The van der Waals surface area contributed by atoms with Crippen molar-refractivity contribution in [2.24, 2.45) is 5.73 Å². The van der Waals surface area contributed by atoms with E-state index < -0.39 is 16.9 Å². The minimum atomic E-state index is -0.807. The number of rotatable bonds is 6. The molecule has 1 aromatic carbocycles. The van der Waals surface area contributed by atoms with E-state index >= 15 is 0 Å². The number of nitro groups is 1. The largest absolute Gasteiger partial charge is 0.490 e. The van der Waals surface area contributed by atoms with Gasteiger partial charge in [-0.25, -0.2) is 0 Å². The van der Waals surface area contributed by atoms with Crippen molar-refractivity contribution in [3.63, 3.8) is 0 Å². The third-order valence-electron chi connectivity index (χ3n) is 2.31. The average molecular weight is 254 g/mol. The van der Waals surface area contributed by atoms with Crippen LogP contribution in [0.4, 0.5) is 5.69 Å². The Morgan fingerprint density at radius 3 is 2.67 bits per heavy atom. The monoisotopic (exact) mass is 254 g/mol. The second kappa shape index (κ2) is 5.85. The van der Waals surface area contributed by atoms with Gasteiger partial charge >= 0.3 is 5.69 Å². The molecule has 1 aromatic rings. The molecule has 0 saturated carbocycles. The Bertz CT molecular complexity index is 461. The normalized spacial score (nSPS) is 11.7. The molecule has 18 heavy (non-hydrogen) atoms. The fraction of sp³-hybridized carbons (Fsp3) is 0.364. The zero-order valence-corrected chi connectivity index (χ0v) is 10.1. The van der Waals surface area contributed by atoms with Crippen LogP contribution in [0.15, 0.2) is 18.2 Å². The maximum Gasteiger partial charge on any atom is 0.314 e. The lowest BCUT2D eigenvalue weighted by Crippen LogP contribution is -2.32. The maximum atomic E-state index is 11.0. The molecule has 0 spiro atoms. The van der Waals surface area contributed by atoms with E-state index in [2.05, 4.69) is 0 Å². The van der Waals surface area contributed by atoms with E-state index in [1.165, 1.54) is 25.3 Å². The second-order valence-corrected chi connectivity index (χ2v) is 3.51. The first-order chi connectivity index (χ1) is 8.49. The molecule has 0 radical (unpaired) electrons. The fourth-order valence-corrected chi connectivity index (χ4v) is 1.39. The highest BCUT2D eigenvalue weighted by Crippen LogP contribution is 2.31. The summed E-state index contributed by atoms with van der Waals surface area (Å²) in [5.74, 6) is -0.288. The summed E-state index contributed by atoms with van der Waals surface area (Å²) in [5.41, 5.74) is 4.90. The molecule has 0 bridgehead atoms. The number of carbonyl (C=O) groups is 1. The zero-order valence-electron chi connectivity index (χ0n) is 10.1. The Balaban J connectivity index is 3.01. The van der Waals surface area contributed by atoms with Crippen LogP contribution in [0, 0.1) is 10.1 Å². The predicted octanol–water partition coefficient (Wildman–Crippen LogP) is 1.25. The number of primary amides is 1. The first-order valence-electron chi connectivity index (χ1n) is 5.28. The van der Waals surface area contributed by atoms with E-state index in [-0.39, 0.29) is 17.2 Å². The van der Waals surface area contributed by atoms with Crippen molar-refractivity contribution in [1.29, 1.82) is 0 Å². The van der Waals surface area contributed by atoms with Crippen LogP contribution in [0.3, 0.4) is 0 Å². The molecule has 98 valence electrons. The number of ether oxygens (including phenoxy) is 2. The molecule has 1 amide bonds. The van der Waals surface area contributed by atoms with Gasteiger partial charge in [-0.15, -0.1) is 0 Å². The fourth-order valence-electron chi connectivity index (χ4n) is 1.39. The van der Waals surface area contributed by atoms with Crippen LogP contribution < -0.4 is 15.2 Å². The summed E-state index contributed by atoms with van der Waals surface area (Å²) < 4.78 is 10.1. The van der Waals surface area contributed by atoms with Crippen molar-refractivity contribution in [2.75, 3.05) is 7.11 Å². The highest BCUT2D eigenvalue weighted by Gasteiger charge is 2.19. The molecule has 1 unspecified atom stereocenters. The van der Waals surface area contributed by atoms with Gasteiger partial charge in [-0.1, -0.05) is 6.92 Å². The highest BCUT2D eigenvalue weighted by molar-refractivity contribution is 5.79. The van der Waals surface area contributed by atoms with Gasteiger partial charge in [0.15, 0.2) is 11.9 Å². The molecular formula is C11H14N2O5. The van der Waals surface area contributed by atoms with Gasteiger partial charge in [-0.05, 0) is 18.6 Å². The minimum absolute atomic E-state index is 0.125. The number of hydrogen-bond acceptors (Lipinski definition) is 5. The van der Waals surface area contributed by atoms with Gasteiger partial charge in [0.2, 0.25) is 0 Å². The van der Waals surface area contributed by atoms with Crippen molar-refractivity contribution in [1.82, 2.24) is 0 Å². The maximum absolute atomic E-state index is 11.0. The molecular weight excluding hydrogens is 240 g/mol. The van der Waals surface area contributed by atoms with Crippen LogP contribution in [0.25, 0.3) is 0 Å². The molecule has 7 nitrogen and oxygen atoms in total.